The van der Waals surface area contributed by atoms with Gasteiger partial charge in [0, 0.05) is 24.9 Å². The highest BCUT2D eigenvalue weighted by molar-refractivity contribution is 5.94. The van der Waals surface area contributed by atoms with Gasteiger partial charge in [-0.3, -0.25) is 4.79 Å². The highest BCUT2D eigenvalue weighted by atomic mass is 16.5. The van der Waals surface area contributed by atoms with Crippen LogP contribution in [0.4, 0.5) is 5.82 Å². The van der Waals surface area contributed by atoms with Crippen molar-refractivity contribution in [1.29, 1.82) is 0 Å². The number of carbonyl (C=O) groups excluding carboxylic acids is 1. The maximum atomic E-state index is 12.3. The number of hydrogen-bond donors (Lipinski definition) is 2. The van der Waals surface area contributed by atoms with Gasteiger partial charge in [-0.15, -0.1) is 0 Å². The molecule has 0 aliphatic carbocycles. The summed E-state index contributed by atoms with van der Waals surface area (Å²) >= 11 is 0. The largest absolute Gasteiger partial charge is 0.497 e. The van der Waals surface area contributed by atoms with Crippen molar-refractivity contribution in [1.82, 2.24) is 10.3 Å². The molecule has 27 heavy (non-hydrogen) atoms. The van der Waals surface area contributed by atoms with Crippen molar-refractivity contribution in [3.8, 4) is 11.5 Å². The van der Waals surface area contributed by atoms with Gasteiger partial charge in [0.2, 0.25) is 0 Å². The SMILES string of the molecule is COc1ccc(OCCNc2cc(C(=O)NCC3CCCO3)ccn2)cc1. The first-order chi connectivity index (χ1) is 13.2. The molecule has 2 aromatic rings. The second-order valence-electron chi connectivity index (χ2n) is 6.23. The Morgan fingerprint density at radius 3 is 2.81 bits per heavy atom. The fourth-order valence-electron chi connectivity index (χ4n) is 2.80. The Balaban J connectivity index is 1.41. The molecule has 1 atom stereocenters. The zero-order chi connectivity index (χ0) is 18.9. The summed E-state index contributed by atoms with van der Waals surface area (Å²) in [7, 11) is 1.63. The van der Waals surface area contributed by atoms with E-state index >= 15 is 0 Å². The zero-order valence-corrected chi connectivity index (χ0v) is 15.4. The van der Waals surface area contributed by atoms with Crippen LogP contribution in [0.3, 0.4) is 0 Å². The highest BCUT2D eigenvalue weighted by Crippen LogP contribution is 2.17. The maximum Gasteiger partial charge on any atom is 0.251 e. The van der Waals surface area contributed by atoms with Crippen LogP contribution in [-0.2, 0) is 4.74 Å². The Morgan fingerprint density at radius 1 is 1.26 bits per heavy atom. The van der Waals surface area contributed by atoms with Gasteiger partial charge in [0.15, 0.2) is 0 Å². The van der Waals surface area contributed by atoms with Crippen molar-refractivity contribution in [2.75, 3.05) is 38.7 Å². The summed E-state index contributed by atoms with van der Waals surface area (Å²) in [6, 6.07) is 10.8. The van der Waals surface area contributed by atoms with Crippen molar-refractivity contribution in [3.63, 3.8) is 0 Å². The molecule has 1 aliphatic rings. The second-order valence-corrected chi connectivity index (χ2v) is 6.23. The third kappa shape index (κ3) is 5.86. The molecule has 1 unspecified atom stereocenters. The maximum absolute atomic E-state index is 12.3. The van der Waals surface area contributed by atoms with Crippen molar-refractivity contribution < 1.29 is 19.0 Å². The summed E-state index contributed by atoms with van der Waals surface area (Å²) in [6.07, 6.45) is 3.80. The van der Waals surface area contributed by atoms with Crippen LogP contribution in [0.15, 0.2) is 42.6 Å². The second kappa shape index (κ2) is 9.78. The van der Waals surface area contributed by atoms with E-state index in [9.17, 15) is 4.79 Å². The van der Waals surface area contributed by atoms with Gasteiger partial charge < -0.3 is 24.8 Å². The summed E-state index contributed by atoms with van der Waals surface area (Å²) in [4.78, 5) is 16.5. The molecule has 144 valence electrons. The fourth-order valence-corrected chi connectivity index (χ4v) is 2.80. The van der Waals surface area contributed by atoms with Crippen LogP contribution in [0.25, 0.3) is 0 Å². The van der Waals surface area contributed by atoms with Crippen LogP contribution in [0.1, 0.15) is 23.2 Å². The number of nitrogens with zero attached hydrogens (tertiary/aromatic N) is 1. The van der Waals surface area contributed by atoms with E-state index in [0.29, 0.717) is 31.1 Å². The average molecular weight is 371 g/mol. The lowest BCUT2D eigenvalue weighted by Gasteiger charge is -2.12. The van der Waals surface area contributed by atoms with Gasteiger partial charge in [0.25, 0.3) is 5.91 Å². The smallest absolute Gasteiger partial charge is 0.251 e. The minimum absolute atomic E-state index is 0.120. The normalized spacial score (nSPS) is 16.0. The molecule has 1 fully saturated rings. The van der Waals surface area contributed by atoms with Crippen LogP contribution < -0.4 is 20.1 Å². The molecular weight excluding hydrogens is 346 g/mol. The molecule has 1 saturated heterocycles. The van der Waals surface area contributed by atoms with Crippen molar-refractivity contribution >= 4 is 11.7 Å². The summed E-state index contributed by atoms with van der Waals surface area (Å²) in [5, 5.41) is 6.08. The number of nitrogens with one attached hydrogen (secondary N) is 2. The van der Waals surface area contributed by atoms with Crippen molar-refractivity contribution in [2.45, 2.75) is 18.9 Å². The van der Waals surface area contributed by atoms with Gasteiger partial charge in [0.1, 0.15) is 23.9 Å². The summed E-state index contributed by atoms with van der Waals surface area (Å²) in [5.74, 6) is 2.08. The lowest BCUT2D eigenvalue weighted by Crippen LogP contribution is -2.31. The molecular formula is C20H25N3O4. The number of pyridine rings is 1. The van der Waals surface area contributed by atoms with Crippen LogP contribution >= 0.6 is 0 Å². The molecule has 1 aliphatic heterocycles. The number of aromatic nitrogens is 1. The Morgan fingerprint density at radius 2 is 2.07 bits per heavy atom. The Kier molecular flexibility index (Phi) is 6.87. The third-order valence-corrected chi connectivity index (χ3v) is 4.27. The molecule has 7 heteroatoms. The predicted molar refractivity (Wildman–Crippen MR) is 103 cm³/mol. The highest BCUT2D eigenvalue weighted by Gasteiger charge is 2.16. The summed E-state index contributed by atoms with van der Waals surface area (Å²) < 4.78 is 16.3. The van der Waals surface area contributed by atoms with E-state index in [-0.39, 0.29) is 12.0 Å². The molecule has 2 heterocycles. The van der Waals surface area contributed by atoms with Crippen LogP contribution in [0, 0.1) is 0 Å². The van der Waals surface area contributed by atoms with Crippen molar-refractivity contribution in [3.05, 3.63) is 48.2 Å². The third-order valence-electron chi connectivity index (χ3n) is 4.27. The molecule has 1 aromatic heterocycles. The van der Waals surface area contributed by atoms with Crippen molar-refractivity contribution in [2.24, 2.45) is 0 Å². The number of benzene rings is 1. The van der Waals surface area contributed by atoms with E-state index in [1.165, 1.54) is 0 Å². The number of hydrogen-bond acceptors (Lipinski definition) is 6. The standard InChI is InChI=1S/C20H25N3O4/c1-25-16-4-6-17(7-5-16)27-12-10-22-19-13-15(8-9-21-19)20(24)23-14-18-3-2-11-26-18/h4-9,13,18H,2-3,10-12,14H2,1H3,(H,21,22)(H,23,24). The number of anilines is 1. The number of carbonyl (C=O) groups is 1. The Hall–Kier alpha value is -2.80. The summed E-state index contributed by atoms with van der Waals surface area (Å²) in [6.45, 7) is 2.37. The van der Waals surface area contributed by atoms with Crippen LogP contribution in [0.5, 0.6) is 11.5 Å². The van der Waals surface area contributed by atoms with E-state index in [0.717, 1.165) is 30.9 Å². The number of ether oxygens (including phenoxy) is 3. The van der Waals surface area contributed by atoms with Gasteiger partial charge in [-0.05, 0) is 49.2 Å². The average Bonchev–Trinajstić information content (AvgIpc) is 3.24. The van der Waals surface area contributed by atoms with Gasteiger partial charge in [-0.1, -0.05) is 0 Å². The number of methoxy groups -OCH3 is 1. The van der Waals surface area contributed by atoms with E-state index in [4.69, 9.17) is 14.2 Å². The van der Waals surface area contributed by atoms with Crippen LogP contribution in [-0.4, -0.2) is 50.4 Å². The lowest BCUT2D eigenvalue weighted by atomic mass is 10.2. The first-order valence-corrected chi connectivity index (χ1v) is 9.11. The first kappa shape index (κ1) is 19.0. The molecule has 0 radical (unpaired) electrons. The van der Waals surface area contributed by atoms with E-state index in [2.05, 4.69) is 15.6 Å². The first-order valence-electron chi connectivity index (χ1n) is 9.11. The minimum atomic E-state index is -0.120. The van der Waals surface area contributed by atoms with Crippen LogP contribution in [0.2, 0.25) is 0 Å². The fraction of sp³-hybridized carbons (Fsp3) is 0.400. The quantitative estimate of drug-likeness (QED) is 0.659. The Labute approximate surface area is 159 Å². The lowest BCUT2D eigenvalue weighted by molar-refractivity contribution is 0.0857. The molecule has 0 bridgehead atoms. The molecule has 0 spiro atoms. The molecule has 0 saturated carbocycles. The van der Waals surface area contributed by atoms with E-state index in [1.54, 1.807) is 25.4 Å². The molecule has 7 nitrogen and oxygen atoms in total. The minimum Gasteiger partial charge on any atom is -0.497 e. The zero-order valence-electron chi connectivity index (χ0n) is 15.4. The monoisotopic (exact) mass is 371 g/mol. The molecule has 1 aromatic carbocycles. The number of rotatable bonds is 9. The van der Waals surface area contributed by atoms with Gasteiger partial charge in [-0.25, -0.2) is 4.98 Å². The predicted octanol–water partition coefficient (Wildman–Crippen LogP) is 2.49. The topological polar surface area (TPSA) is 81.7 Å². The van der Waals surface area contributed by atoms with Gasteiger partial charge in [0.05, 0.1) is 19.8 Å². The molecule has 3 rings (SSSR count). The molecule has 1 amide bonds. The number of amides is 1. The van der Waals surface area contributed by atoms with Gasteiger partial charge in [-0.2, -0.15) is 0 Å². The summed E-state index contributed by atoms with van der Waals surface area (Å²) in [5.41, 5.74) is 0.571. The molecule has 2 N–H and O–H groups in total. The Bertz CT molecular complexity index is 730. The van der Waals surface area contributed by atoms with Gasteiger partial charge >= 0.3 is 0 Å². The van der Waals surface area contributed by atoms with E-state index in [1.807, 2.05) is 24.3 Å². The van der Waals surface area contributed by atoms with E-state index < -0.39 is 0 Å².